The second-order valence-corrected chi connectivity index (χ2v) is 18.6. The normalized spacial score (nSPS) is 15.6. The zero-order valence-electron chi connectivity index (χ0n) is 36.6. The van der Waals surface area contributed by atoms with Crippen molar-refractivity contribution in [2.24, 2.45) is 0 Å². The molecule has 15 rings (SSSR count). The highest BCUT2D eigenvalue weighted by atomic mass is 15.1. The molecular weight excluding hydrogens is 807 g/mol. The molecule has 4 aliphatic rings. The lowest BCUT2D eigenvalue weighted by molar-refractivity contribution is 0.793. The van der Waals surface area contributed by atoms with Crippen molar-refractivity contribution >= 4 is 27.8 Å². The first-order chi connectivity index (χ1) is 33.2. The fourth-order valence-corrected chi connectivity index (χ4v) is 13.1. The van der Waals surface area contributed by atoms with Crippen LogP contribution in [0.2, 0.25) is 0 Å². The van der Waals surface area contributed by atoms with E-state index >= 15 is 0 Å². The van der Waals surface area contributed by atoms with Crippen LogP contribution in [-0.2, 0) is 10.8 Å². The highest BCUT2D eigenvalue weighted by Gasteiger charge is 2.53. The second-order valence-electron chi connectivity index (χ2n) is 18.6. The quantitative estimate of drug-likeness (QED) is 0.171. The number of rotatable bonds is 4. The molecule has 1 unspecified atom stereocenters. The SMILES string of the molecule is c1ccc(-c2ccc(N(c3ccc4c(c3)C3(c5ccccc5-c5ccccc53)c3ccccc3-4)c3ccc4c(c3)C3(c5ccccc5-4)c4ccccc4-c4c3ccc3ccccc43)cc2)cc1. The Balaban J connectivity index is 1.00. The van der Waals surface area contributed by atoms with Gasteiger partial charge in [0.1, 0.15) is 0 Å². The molecule has 2 spiro atoms. The summed E-state index contributed by atoms with van der Waals surface area (Å²) in [5.74, 6) is 0. The van der Waals surface area contributed by atoms with Gasteiger partial charge >= 0.3 is 0 Å². The second kappa shape index (κ2) is 13.5. The van der Waals surface area contributed by atoms with Crippen LogP contribution in [0.4, 0.5) is 17.1 Å². The summed E-state index contributed by atoms with van der Waals surface area (Å²) >= 11 is 0. The number of fused-ring (bicyclic) bond motifs is 22. The van der Waals surface area contributed by atoms with Gasteiger partial charge in [-0.3, -0.25) is 0 Å². The Bertz CT molecular complexity index is 3810. The van der Waals surface area contributed by atoms with Gasteiger partial charge in [0.25, 0.3) is 0 Å². The van der Waals surface area contributed by atoms with Gasteiger partial charge in [-0.05, 0) is 147 Å². The third-order valence-corrected chi connectivity index (χ3v) is 15.7. The summed E-state index contributed by atoms with van der Waals surface area (Å²) in [6, 6.07) is 93.7. The van der Waals surface area contributed by atoms with Crippen molar-refractivity contribution in [1.29, 1.82) is 0 Å². The van der Waals surface area contributed by atoms with Gasteiger partial charge in [0.2, 0.25) is 0 Å². The van der Waals surface area contributed by atoms with E-state index in [1.165, 1.54) is 111 Å². The van der Waals surface area contributed by atoms with Crippen molar-refractivity contribution < 1.29 is 0 Å². The molecule has 310 valence electrons. The van der Waals surface area contributed by atoms with Crippen molar-refractivity contribution in [1.82, 2.24) is 0 Å². The van der Waals surface area contributed by atoms with Crippen LogP contribution >= 0.6 is 0 Å². The summed E-state index contributed by atoms with van der Waals surface area (Å²) < 4.78 is 0. The first-order valence-electron chi connectivity index (χ1n) is 23.5. The molecule has 0 amide bonds. The van der Waals surface area contributed by atoms with Crippen LogP contribution in [0.25, 0.3) is 66.4 Å². The average molecular weight is 848 g/mol. The minimum absolute atomic E-state index is 0.457. The van der Waals surface area contributed by atoms with Gasteiger partial charge in [-0.1, -0.05) is 212 Å². The zero-order chi connectivity index (χ0) is 43.8. The Hall–Kier alpha value is -8.52. The van der Waals surface area contributed by atoms with E-state index in [1.807, 2.05) is 0 Å². The summed E-state index contributed by atoms with van der Waals surface area (Å²) in [4.78, 5) is 2.51. The molecule has 0 saturated heterocycles. The van der Waals surface area contributed by atoms with E-state index in [2.05, 4.69) is 254 Å². The Morgan fingerprint density at radius 1 is 0.239 bits per heavy atom. The van der Waals surface area contributed by atoms with Crippen molar-refractivity contribution in [3.05, 3.63) is 293 Å². The van der Waals surface area contributed by atoms with Crippen LogP contribution in [0.15, 0.2) is 249 Å². The molecule has 0 fully saturated rings. The predicted molar refractivity (Wildman–Crippen MR) is 277 cm³/mol. The summed E-state index contributed by atoms with van der Waals surface area (Å²) in [7, 11) is 0. The van der Waals surface area contributed by atoms with E-state index in [0.29, 0.717) is 0 Å². The van der Waals surface area contributed by atoms with Crippen LogP contribution < -0.4 is 4.90 Å². The maximum atomic E-state index is 2.53. The predicted octanol–water partition coefficient (Wildman–Crippen LogP) is 16.7. The van der Waals surface area contributed by atoms with Gasteiger partial charge in [0.15, 0.2) is 0 Å². The molecule has 0 radical (unpaired) electrons. The molecule has 0 aliphatic heterocycles. The van der Waals surface area contributed by atoms with Crippen LogP contribution in [0.5, 0.6) is 0 Å². The number of hydrogen-bond acceptors (Lipinski definition) is 1. The summed E-state index contributed by atoms with van der Waals surface area (Å²) in [6.07, 6.45) is 0. The molecule has 0 bridgehead atoms. The van der Waals surface area contributed by atoms with E-state index in [9.17, 15) is 0 Å². The lowest BCUT2D eigenvalue weighted by atomic mass is 9.70. The Morgan fingerprint density at radius 3 is 1.16 bits per heavy atom. The van der Waals surface area contributed by atoms with Gasteiger partial charge in [-0.15, -0.1) is 0 Å². The maximum absolute atomic E-state index is 2.53. The summed E-state index contributed by atoms with van der Waals surface area (Å²) in [5.41, 5.74) is 26.0. The molecule has 67 heavy (non-hydrogen) atoms. The molecule has 11 aromatic carbocycles. The molecule has 11 aromatic rings. The van der Waals surface area contributed by atoms with E-state index < -0.39 is 10.8 Å². The Labute approximate surface area is 390 Å². The van der Waals surface area contributed by atoms with Crippen LogP contribution in [0.3, 0.4) is 0 Å². The lowest BCUT2D eigenvalue weighted by Crippen LogP contribution is -2.26. The number of hydrogen-bond donors (Lipinski definition) is 0. The number of anilines is 3. The summed E-state index contributed by atoms with van der Waals surface area (Å²) in [6.45, 7) is 0. The molecule has 0 saturated carbocycles. The van der Waals surface area contributed by atoms with Crippen molar-refractivity contribution in [3.63, 3.8) is 0 Å². The first kappa shape index (κ1) is 36.8. The fourth-order valence-electron chi connectivity index (χ4n) is 13.1. The third kappa shape index (κ3) is 4.68. The molecule has 0 aromatic heterocycles. The van der Waals surface area contributed by atoms with Crippen molar-refractivity contribution in [2.75, 3.05) is 4.90 Å². The Kier molecular flexibility index (Phi) is 7.42. The minimum Gasteiger partial charge on any atom is -0.310 e. The lowest BCUT2D eigenvalue weighted by Gasteiger charge is -2.33. The molecule has 1 heteroatoms. The standard InChI is InChI=1S/C66H41N/c1-2-16-42(17-3-1)43-30-33-45(34-31-43)67(46-35-37-53-51-22-8-13-27-58(51)65(62(53)40-46)56-25-11-6-20-49(56)50-21-7-12-26-57(50)65)47-36-38-54-52-23-9-14-28-59(52)66(63(54)41-47)60-29-15-10-24-55(60)64-48-19-5-4-18-44(48)32-39-61(64)66/h1-41H. The molecule has 1 atom stereocenters. The Morgan fingerprint density at radius 2 is 0.627 bits per heavy atom. The van der Waals surface area contributed by atoms with Crippen molar-refractivity contribution in [3.8, 4) is 55.6 Å². The van der Waals surface area contributed by atoms with E-state index in [4.69, 9.17) is 0 Å². The van der Waals surface area contributed by atoms with Crippen LogP contribution in [0, 0.1) is 0 Å². The smallest absolute Gasteiger partial charge is 0.0726 e. The van der Waals surface area contributed by atoms with E-state index in [0.717, 1.165) is 17.1 Å². The van der Waals surface area contributed by atoms with Crippen LogP contribution in [-0.4, -0.2) is 0 Å². The average Bonchev–Trinajstić information content (AvgIpc) is 4.08. The molecule has 1 nitrogen and oxygen atoms in total. The minimum atomic E-state index is -0.498. The van der Waals surface area contributed by atoms with Crippen molar-refractivity contribution in [2.45, 2.75) is 10.8 Å². The highest BCUT2D eigenvalue weighted by molar-refractivity contribution is 6.06. The van der Waals surface area contributed by atoms with Gasteiger partial charge in [-0.25, -0.2) is 0 Å². The first-order valence-corrected chi connectivity index (χ1v) is 23.5. The topological polar surface area (TPSA) is 3.24 Å². The molecule has 4 aliphatic carbocycles. The number of nitrogens with zero attached hydrogens (tertiary/aromatic N) is 1. The van der Waals surface area contributed by atoms with Crippen LogP contribution in [0.1, 0.15) is 44.5 Å². The highest BCUT2D eigenvalue weighted by Crippen LogP contribution is 2.66. The van der Waals surface area contributed by atoms with E-state index in [-0.39, 0.29) is 0 Å². The van der Waals surface area contributed by atoms with E-state index in [1.54, 1.807) is 0 Å². The molecule has 0 N–H and O–H groups in total. The van der Waals surface area contributed by atoms with Gasteiger partial charge < -0.3 is 4.90 Å². The summed E-state index contributed by atoms with van der Waals surface area (Å²) in [5, 5.41) is 2.57. The fraction of sp³-hybridized carbons (Fsp3) is 0.0303. The zero-order valence-corrected chi connectivity index (χ0v) is 36.6. The molecular formula is C66H41N. The van der Waals surface area contributed by atoms with Gasteiger partial charge in [-0.2, -0.15) is 0 Å². The maximum Gasteiger partial charge on any atom is 0.0726 e. The van der Waals surface area contributed by atoms with Gasteiger partial charge in [0.05, 0.1) is 10.8 Å². The largest absolute Gasteiger partial charge is 0.310 e. The monoisotopic (exact) mass is 847 g/mol. The van der Waals surface area contributed by atoms with Gasteiger partial charge in [0, 0.05) is 17.1 Å². The number of benzene rings is 11. The molecule has 0 heterocycles. The third-order valence-electron chi connectivity index (χ3n) is 15.7.